The normalized spacial score (nSPS) is 21.5. The van der Waals surface area contributed by atoms with Gasteiger partial charge >= 0.3 is 6.18 Å². The van der Waals surface area contributed by atoms with Crippen LogP contribution in [0.2, 0.25) is 0 Å². The highest BCUT2D eigenvalue weighted by molar-refractivity contribution is 5.49. The molecule has 1 aliphatic heterocycles. The van der Waals surface area contributed by atoms with Gasteiger partial charge in [-0.05, 0) is 25.7 Å². The van der Waals surface area contributed by atoms with Crippen LogP contribution >= 0.6 is 0 Å². The van der Waals surface area contributed by atoms with Gasteiger partial charge in [0.05, 0.1) is 0 Å². The SMILES string of the molecule is O=CN1CC2(CCC(Oc3ccnc(C(F)(F)F)n3)CC2)C1. The third-order valence-electron chi connectivity index (χ3n) is 4.39. The van der Waals surface area contributed by atoms with E-state index >= 15 is 0 Å². The molecular weight excluding hydrogens is 299 g/mol. The summed E-state index contributed by atoms with van der Waals surface area (Å²) in [5.74, 6) is -1.22. The van der Waals surface area contributed by atoms with E-state index in [4.69, 9.17) is 4.74 Å². The Hall–Kier alpha value is -1.86. The number of aromatic nitrogens is 2. The molecule has 1 aromatic rings. The van der Waals surface area contributed by atoms with Crippen molar-refractivity contribution in [2.45, 2.75) is 38.0 Å². The van der Waals surface area contributed by atoms with E-state index in [0.717, 1.165) is 51.4 Å². The van der Waals surface area contributed by atoms with Crippen LogP contribution in [-0.2, 0) is 11.0 Å². The standard InChI is InChI=1S/C14H16F3N3O2/c15-14(16,17)12-18-6-3-11(19-12)22-10-1-4-13(5-2-10)7-20(8-13)9-21/h3,6,9-10H,1-2,4-5,7-8H2. The Bertz CT molecular complexity index is 549. The van der Waals surface area contributed by atoms with Gasteiger partial charge in [-0.15, -0.1) is 0 Å². The molecule has 0 unspecified atom stereocenters. The highest BCUT2D eigenvalue weighted by Crippen LogP contribution is 2.43. The summed E-state index contributed by atoms with van der Waals surface area (Å²) in [4.78, 5) is 19.0. The van der Waals surface area contributed by atoms with Gasteiger partial charge in [0.25, 0.3) is 0 Å². The van der Waals surface area contributed by atoms with Gasteiger partial charge in [0.15, 0.2) is 0 Å². The van der Waals surface area contributed by atoms with Gasteiger partial charge in [-0.25, -0.2) is 4.98 Å². The highest BCUT2D eigenvalue weighted by Gasteiger charge is 2.45. The summed E-state index contributed by atoms with van der Waals surface area (Å²) in [5.41, 5.74) is 0.184. The lowest BCUT2D eigenvalue weighted by Gasteiger charge is -2.51. The lowest BCUT2D eigenvalue weighted by atomic mass is 9.68. The van der Waals surface area contributed by atoms with Crippen LogP contribution < -0.4 is 4.74 Å². The maximum absolute atomic E-state index is 12.6. The van der Waals surface area contributed by atoms with E-state index in [2.05, 4.69) is 9.97 Å². The van der Waals surface area contributed by atoms with Crippen LogP contribution in [-0.4, -0.2) is 40.5 Å². The number of nitrogens with zero attached hydrogens (tertiary/aromatic N) is 3. The van der Waals surface area contributed by atoms with Crippen LogP contribution in [0.1, 0.15) is 31.5 Å². The Balaban J connectivity index is 1.56. The number of likely N-dealkylation sites (tertiary alicyclic amines) is 1. The summed E-state index contributed by atoms with van der Waals surface area (Å²) in [6, 6.07) is 1.34. The van der Waals surface area contributed by atoms with E-state index in [1.807, 2.05) is 0 Å². The van der Waals surface area contributed by atoms with Crippen molar-refractivity contribution >= 4 is 6.41 Å². The predicted octanol–water partition coefficient (Wildman–Crippen LogP) is 2.28. The van der Waals surface area contributed by atoms with E-state index in [0.29, 0.717) is 0 Å². The Labute approximate surface area is 125 Å². The number of carbonyl (C=O) groups excluding carboxylic acids is 1. The molecule has 22 heavy (non-hydrogen) atoms. The van der Waals surface area contributed by atoms with Gasteiger partial charge in [0, 0.05) is 30.8 Å². The van der Waals surface area contributed by atoms with Crippen molar-refractivity contribution < 1.29 is 22.7 Å². The second-order valence-electron chi connectivity index (χ2n) is 6.04. The largest absolute Gasteiger partial charge is 0.474 e. The number of ether oxygens (including phenoxy) is 1. The fraction of sp³-hybridized carbons (Fsp3) is 0.643. The number of hydrogen-bond acceptors (Lipinski definition) is 4. The molecule has 5 nitrogen and oxygen atoms in total. The van der Waals surface area contributed by atoms with Crippen molar-refractivity contribution in [1.29, 1.82) is 0 Å². The molecule has 1 aliphatic carbocycles. The lowest BCUT2D eigenvalue weighted by molar-refractivity contribution is -0.145. The number of halogens is 3. The summed E-state index contributed by atoms with van der Waals surface area (Å²) in [7, 11) is 0. The molecule has 2 heterocycles. The van der Waals surface area contributed by atoms with E-state index in [1.54, 1.807) is 4.90 Å². The fourth-order valence-electron chi connectivity index (χ4n) is 3.24. The summed E-state index contributed by atoms with van der Waals surface area (Å²) in [5, 5.41) is 0. The molecule has 1 amide bonds. The van der Waals surface area contributed by atoms with Crippen LogP contribution in [0.15, 0.2) is 12.3 Å². The second-order valence-corrected chi connectivity index (χ2v) is 6.04. The van der Waals surface area contributed by atoms with Gasteiger partial charge in [-0.1, -0.05) is 0 Å². The van der Waals surface area contributed by atoms with Crippen LogP contribution in [0.25, 0.3) is 0 Å². The zero-order chi connectivity index (χ0) is 15.8. The lowest BCUT2D eigenvalue weighted by Crippen LogP contribution is -2.57. The third kappa shape index (κ3) is 3.00. The van der Waals surface area contributed by atoms with Crippen LogP contribution in [0.3, 0.4) is 0 Å². The van der Waals surface area contributed by atoms with Gasteiger partial charge in [-0.2, -0.15) is 18.2 Å². The molecule has 3 rings (SSSR count). The van der Waals surface area contributed by atoms with Gasteiger partial charge < -0.3 is 9.64 Å². The molecule has 1 aromatic heterocycles. The van der Waals surface area contributed by atoms with Crippen molar-refractivity contribution in [3.8, 4) is 5.88 Å². The first-order valence-corrected chi connectivity index (χ1v) is 7.16. The zero-order valence-electron chi connectivity index (χ0n) is 11.8. The molecule has 0 radical (unpaired) electrons. The Morgan fingerprint density at radius 1 is 1.32 bits per heavy atom. The quantitative estimate of drug-likeness (QED) is 0.803. The fourth-order valence-corrected chi connectivity index (χ4v) is 3.24. The second kappa shape index (κ2) is 5.40. The van der Waals surface area contributed by atoms with E-state index in [1.165, 1.54) is 6.07 Å². The third-order valence-corrected chi connectivity index (χ3v) is 4.39. The molecule has 1 saturated carbocycles. The minimum atomic E-state index is -4.57. The van der Waals surface area contributed by atoms with Crippen LogP contribution in [0.4, 0.5) is 13.2 Å². The zero-order valence-corrected chi connectivity index (χ0v) is 11.8. The molecule has 120 valence electrons. The minimum Gasteiger partial charge on any atom is -0.474 e. The number of alkyl halides is 3. The van der Waals surface area contributed by atoms with Crippen molar-refractivity contribution in [2.75, 3.05) is 13.1 Å². The van der Waals surface area contributed by atoms with E-state index in [-0.39, 0.29) is 17.4 Å². The molecule has 8 heteroatoms. The van der Waals surface area contributed by atoms with Crippen molar-refractivity contribution in [1.82, 2.24) is 14.9 Å². The smallest absolute Gasteiger partial charge is 0.451 e. The number of carbonyl (C=O) groups is 1. The van der Waals surface area contributed by atoms with Crippen molar-refractivity contribution in [2.24, 2.45) is 5.41 Å². The van der Waals surface area contributed by atoms with E-state index < -0.39 is 12.0 Å². The molecule has 0 aromatic carbocycles. The number of amides is 1. The van der Waals surface area contributed by atoms with Crippen LogP contribution in [0, 0.1) is 5.41 Å². The molecular formula is C14H16F3N3O2. The molecule has 0 atom stereocenters. The van der Waals surface area contributed by atoms with Gasteiger partial charge in [0.2, 0.25) is 18.1 Å². The highest BCUT2D eigenvalue weighted by atomic mass is 19.4. The van der Waals surface area contributed by atoms with Gasteiger partial charge in [0.1, 0.15) is 6.10 Å². The summed E-state index contributed by atoms with van der Waals surface area (Å²) < 4.78 is 43.2. The number of hydrogen-bond donors (Lipinski definition) is 0. The van der Waals surface area contributed by atoms with Crippen molar-refractivity contribution in [3.05, 3.63) is 18.1 Å². The summed E-state index contributed by atoms with van der Waals surface area (Å²) >= 11 is 0. The Morgan fingerprint density at radius 3 is 2.59 bits per heavy atom. The summed E-state index contributed by atoms with van der Waals surface area (Å²) in [6.07, 6.45) is 0.567. The first-order valence-electron chi connectivity index (χ1n) is 7.16. The van der Waals surface area contributed by atoms with Crippen LogP contribution in [0.5, 0.6) is 5.88 Å². The first kappa shape index (κ1) is 15.1. The summed E-state index contributed by atoms with van der Waals surface area (Å²) in [6.45, 7) is 1.55. The Morgan fingerprint density at radius 2 is 2.00 bits per heavy atom. The first-order chi connectivity index (χ1) is 10.4. The molecule has 1 saturated heterocycles. The molecule has 1 spiro atoms. The molecule has 2 aliphatic rings. The van der Waals surface area contributed by atoms with Gasteiger partial charge in [-0.3, -0.25) is 4.79 Å². The molecule has 2 fully saturated rings. The Kier molecular flexibility index (Phi) is 3.70. The number of rotatable bonds is 3. The monoisotopic (exact) mass is 315 g/mol. The average molecular weight is 315 g/mol. The molecule has 0 N–H and O–H groups in total. The minimum absolute atomic E-state index is 0.0357. The van der Waals surface area contributed by atoms with Crippen molar-refractivity contribution in [3.63, 3.8) is 0 Å². The average Bonchev–Trinajstić information content (AvgIpc) is 2.45. The maximum Gasteiger partial charge on any atom is 0.451 e. The maximum atomic E-state index is 12.6. The van der Waals surface area contributed by atoms with E-state index in [9.17, 15) is 18.0 Å². The topological polar surface area (TPSA) is 55.3 Å². The molecule has 0 bridgehead atoms. The predicted molar refractivity (Wildman–Crippen MR) is 70.0 cm³/mol.